The number of aryl methyl sites for hydroxylation is 1. The minimum atomic E-state index is -0.416. The number of nitrogens with two attached hydrogens (primary N) is 1. The van der Waals surface area contributed by atoms with Crippen LogP contribution >= 0.6 is 0 Å². The lowest BCUT2D eigenvalue weighted by atomic mass is 10.0. The molecule has 0 bridgehead atoms. The van der Waals surface area contributed by atoms with Crippen LogP contribution in [-0.4, -0.2) is 17.1 Å². The Labute approximate surface area is 97.2 Å². The van der Waals surface area contributed by atoms with Gasteiger partial charge in [0.2, 0.25) is 0 Å². The summed E-state index contributed by atoms with van der Waals surface area (Å²) < 4.78 is 5.47. The molecule has 0 amide bonds. The summed E-state index contributed by atoms with van der Waals surface area (Å²) in [7, 11) is 1.68. The number of rotatable bonds is 4. The van der Waals surface area contributed by atoms with Gasteiger partial charge in [-0.05, 0) is 27.2 Å². The van der Waals surface area contributed by atoms with Gasteiger partial charge in [-0.25, -0.2) is 9.97 Å². The third-order valence-corrected chi connectivity index (χ3v) is 3.11. The first kappa shape index (κ1) is 13.1. The largest absolute Gasteiger partial charge is 0.371 e. The summed E-state index contributed by atoms with van der Waals surface area (Å²) >= 11 is 0. The molecule has 2 unspecified atom stereocenters. The van der Waals surface area contributed by atoms with Gasteiger partial charge in [0, 0.05) is 30.6 Å². The molecule has 0 saturated heterocycles. The first-order valence-corrected chi connectivity index (χ1v) is 5.59. The van der Waals surface area contributed by atoms with Crippen molar-refractivity contribution in [2.75, 3.05) is 7.11 Å². The highest BCUT2D eigenvalue weighted by molar-refractivity contribution is 5.20. The molecule has 0 aromatic carbocycles. The molecular formula is C12H21N3O. The molecule has 90 valence electrons. The number of nitrogens with zero attached hydrogens (tertiary/aromatic N) is 2. The predicted molar refractivity (Wildman–Crippen MR) is 64.0 cm³/mol. The van der Waals surface area contributed by atoms with Crippen molar-refractivity contribution in [1.82, 2.24) is 9.97 Å². The lowest BCUT2D eigenvalue weighted by Crippen LogP contribution is -2.27. The maximum absolute atomic E-state index is 5.83. The lowest BCUT2D eigenvalue weighted by molar-refractivity contribution is -0.00917. The Balaban J connectivity index is 3.15. The molecule has 0 aliphatic heterocycles. The predicted octanol–water partition coefficient (Wildman–Crippen LogP) is 2.08. The van der Waals surface area contributed by atoms with E-state index in [0.717, 1.165) is 23.5 Å². The normalized spacial score (nSPS) is 16.9. The molecule has 0 aliphatic carbocycles. The number of hydrogen-bond donors (Lipinski definition) is 1. The summed E-state index contributed by atoms with van der Waals surface area (Å²) in [5.74, 6) is 0.722. The van der Waals surface area contributed by atoms with Crippen LogP contribution in [0.5, 0.6) is 0 Å². The molecule has 4 nitrogen and oxygen atoms in total. The molecule has 0 saturated carbocycles. The van der Waals surface area contributed by atoms with Gasteiger partial charge < -0.3 is 10.5 Å². The zero-order valence-electron chi connectivity index (χ0n) is 10.7. The second kappa shape index (κ2) is 4.89. The Kier molecular flexibility index (Phi) is 3.99. The highest BCUT2D eigenvalue weighted by atomic mass is 16.5. The molecule has 0 fully saturated rings. The molecular weight excluding hydrogens is 202 g/mol. The molecule has 2 atom stereocenters. The van der Waals surface area contributed by atoms with Crippen molar-refractivity contribution in [3.05, 3.63) is 23.3 Å². The van der Waals surface area contributed by atoms with Gasteiger partial charge in [-0.1, -0.05) is 6.92 Å². The third kappa shape index (κ3) is 2.39. The standard InChI is InChI=1S/C12H21N3O/c1-6-12(4,16-5)11-14-7-10(8(2)13)9(3)15-11/h7-8H,6,13H2,1-5H3. The third-order valence-electron chi connectivity index (χ3n) is 3.11. The van der Waals surface area contributed by atoms with Crippen molar-refractivity contribution >= 4 is 0 Å². The van der Waals surface area contributed by atoms with Crippen LogP contribution < -0.4 is 5.73 Å². The van der Waals surface area contributed by atoms with Crippen LogP contribution in [0.2, 0.25) is 0 Å². The second-order valence-corrected chi connectivity index (χ2v) is 4.31. The van der Waals surface area contributed by atoms with Crippen molar-refractivity contribution < 1.29 is 4.74 Å². The Morgan fingerprint density at radius 3 is 2.56 bits per heavy atom. The van der Waals surface area contributed by atoms with Crippen molar-refractivity contribution in [3.63, 3.8) is 0 Å². The van der Waals surface area contributed by atoms with Gasteiger partial charge in [0.15, 0.2) is 5.82 Å². The SMILES string of the molecule is CCC(C)(OC)c1ncc(C(C)N)c(C)n1. The fraction of sp³-hybridized carbons (Fsp3) is 0.667. The van der Waals surface area contributed by atoms with Gasteiger partial charge in [0.05, 0.1) is 0 Å². The summed E-state index contributed by atoms with van der Waals surface area (Å²) in [4.78, 5) is 8.85. The Morgan fingerprint density at radius 2 is 2.19 bits per heavy atom. The molecule has 0 radical (unpaired) electrons. The average molecular weight is 223 g/mol. The number of aromatic nitrogens is 2. The topological polar surface area (TPSA) is 61.0 Å². The van der Waals surface area contributed by atoms with E-state index in [0.29, 0.717) is 0 Å². The van der Waals surface area contributed by atoms with E-state index < -0.39 is 5.60 Å². The number of hydrogen-bond acceptors (Lipinski definition) is 4. The first-order valence-electron chi connectivity index (χ1n) is 5.59. The second-order valence-electron chi connectivity index (χ2n) is 4.31. The molecule has 0 spiro atoms. The van der Waals surface area contributed by atoms with E-state index in [4.69, 9.17) is 10.5 Å². The molecule has 16 heavy (non-hydrogen) atoms. The van der Waals surface area contributed by atoms with E-state index in [9.17, 15) is 0 Å². The minimum Gasteiger partial charge on any atom is -0.371 e. The number of methoxy groups -OCH3 is 1. The molecule has 1 rings (SSSR count). The molecule has 1 aromatic heterocycles. The van der Waals surface area contributed by atoms with Crippen molar-refractivity contribution in [2.24, 2.45) is 5.73 Å². The molecule has 1 heterocycles. The van der Waals surface area contributed by atoms with E-state index in [1.165, 1.54) is 0 Å². The quantitative estimate of drug-likeness (QED) is 0.849. The van der Waals surface area contributed by atoms with Gasteiger partial charge in [-0.15, -0.1) is 0 Å². The van der Waals surface area contributed by atoms with E-state index in [-0.39, 0.29) is 6.04 Å². The lowest BCUT2D eigenvalue weighted by Gasteiger charge is -2.25. The Hall–Kier alpha value is -1.00. The summed E-state index contributed by atoms with van der Waals surface area (Å²) in [5.41, 5.74) is 7.32. The van der Waals surface area contributed by atoms with Gasteiger partial charge in [0.1, 0.15) is 5.60 Å². The van der Waals surface area contributed by atoms with Crippen LogP contribution in [-0.2, 0) is 10.3 Å². The fourth-order valence-corrected chi connectivity index (χ4v) is 1.57. The highest BCUT2D eigenvalue weighted by Crippen LogP contribution is 2.26. The van der Waals surface area contributed by atoms with Crippen LogP contribution in [0.15, 0.2) is 6.20 Å². The fourth-order valence-electron chi connectivity index (χ4n) is 1.57. The van der Waals surface area contributed by atoms with Gasteiger partial charge in [-0.2, -0.15) is 0 Å². The Bertz CT molecular complexity index is 359. The van der Waals surface area contributed by atoms with Gasteiger partial charge in [-0.3, -0.25) is 0 Å². The van der Waals surface area contributed by atoms with E-state index in [2.05, 4.69) is 16.9 Å². The zero-order valence-corrected chi connectivity index (χ0v) is 10.7. The Morgan fingerprint density at radius 1 is 1.56 bits per heavy atom. The van der Waals surface area contributed by atoms with Crippen molar-refractivity contribution in [2.45, 2.75) is 45.8 Å². The monoisotopic (exact) mass is 223 g/mol. The van der Waals surface area contributed by atoms with Crippen LogP contribution in [0.1, 0.15) is 50.3 Å². The van der Waals surface area contributed by atoms with Crippen LogP contribution in [0.4, 0.5) is 0 Å². The number of ether oxygens (including phenoxy) is 1. The van der Waals surface area contributed by atoms with Crippen molar-refractivity contribution in [3.8, 4) is 0 Å². The molecule has 1 aromatic rings. The van der Waals surface area contributed by atoms with E-state index >= 15 is 0 Å². The summed E-state index contributed by atoms with van der Waals surface area (Å²) in [6.45, 7) is 7.94. The van der Waals surface area contributed by atoms with Crippen LogP contribution in [0.3, 0.4) is 0 Å². The van der Waals surface area contributed by atoms with E-state index in [1.54, 1.807) is 13.3 Å². The zero-order chi connectivity index (χ0) is 12.3. The summed E-state index contributed by atoms with van der Waals surface area (Å²) in [5, 5.41) is 0. The average Bonchev–Trinajstić information content (AvgIpc) is 2.27. The van der Waals surface area contributed by atoms with Crippen LogP contribution in [0.25, 0.3) is 0 Å². The maximum Gasteiger partial charge on any atom is 0.160 e. The first-order chi connectivity index (χ1) is 7.44. The maximum atomic E-state index is 5.83. The van der Waals surface area contributed by atoms with Crippen molar-refractivity contribution in [1.29, 1.82) is 0 Å². The smallest absolute Gasteiger partial charge is 0.160 e. The molecule has 0 aliphatic rings. The molecule has 4 heteroatoms. The minimum absolute atomic E-state index is 0.0375. The molecule has 2 N–H and O–H groups in total. The highest BCUT2D eigenvalue weighted by Gasteiger charge is 2.27. The summed E-state index contributed by atoms with van der Waals surface area (Å²) in [6, 6.07) is -0.0375. The van der Waals surface area contributed by atoms with Gasteiger partial charge in [0.25, 0.3) is 0 Å². The summed E-state index contributed by atoms with van der Waals surface area (Å²) in [6.07, 6.45) is 2.63. The van der Waals surface area contributed by atoms with Crippen LogP contribution in [0, 0.1) is 6.92 Å². The van der Waals surface area contributed by atoms with E-state index in [1.807, 2.05) is 20.8 Å². The van der Waals surface area contributed by atoms with Gasteiger partial charge >= 0.3 is 0 Å².